The average Bonchev–Trinajstić information content (AvgIpc) is 1.88. The molecule has 0 aromatic carbocycles. The van der Waals surface area contributed by atoms with Gasteiger partial charge in [-0.05, 0) is 0 Å². The van der Waals surface area contributed by atoms with Gasteiger partial charge in [0.1, 0.15) is 0 Å². The maximum atomic E-state index is 11.9. The Hall–Kier alpha value is 0.100. The van der Waals surface area contributed by atoms with E-state index >= 15 is 0 Å². The second-order valence-electron chi connectivity index (χ2n) is 2.07. The van der Waals surface area contributed by atoms with E-state index < -0.39 is 6.30 Å². The monoisotopic (exact) mass is 171 g/mol. The number of halogens is 3. The molecule has 1 nitrogen and oxygen atoms in total. The fourth-order valence-electron chi connectivity index (χ4n) is 0.817. The molecule has 0 bridgehead atoms. The number of hydrogen-bond acceptors (Lipinski definition) is 2. The van der Waals surface area contributed by atoms with E-state index in [0.29, 0.717) is 16.4 Å². The predicted molar refractivity (Wildman–Crippen MR) is 35.0 cm³/mol. The van der Waals surface area contributed by atoms with Crippen molar-refractivity contribution in [1.29, 1.82) is 0 Å². The van der Waals surface area contributed by atoms with Gasteiger partial charge >= 0.3 is 6.30 Å². The fraction of sp³-hybridized carbons (Fsp3) is 1.00. The largest absolute Gasteiger partial charge is 0.459 e. The zero-order valence-electron chi connectivity index (χ0n) is 5.32. The van der Waals surface area contributed by atoms with Crippen LogP contribution < -0.4 is 0 Å². The summed E-state index contributed by atoms with van der Waals surface area (Å²) >= 11 is 1.57. The lowest BCUT2D eigenvalue weighted by Gasteiger charge is -2.27. The molecular weight excluding hydrogens is 163 g/mol. The molecule has 0 aliphatic carbocycles. The van der Waals surface area contributed by atoms with Crippen molar-refractivity contribution in [2.75, 3.05) is 24.6 Å². The van der Waals surface area contributed by atoms with E-state index in [0.717, 1.165) is 0 Å². The Bertz CT molecular complexity index is 108. The van der Waals surface area contributed by atoms with Crippen molar-refractivity contribution in [2.45, 2.75) is 6.30 Å². The van der Waals surface area contributed by atoms with Gasteiger partial charge in [-0.1, -0.05) is 0 Å². The second-order valence-corrected chi connectivity index (χ2v) is 3.29. The van der Waals surface area contributed by atoms with Crippen molar-refractivity contribution in [3.05, 3.63) is 0 Å². The Labute approximate surface area is 61.6 Å². The van der Waals surface area contributed by atoms with Gasteiger partial charge < -0.3 is 0 Å². The molecule has 0 radical (unpaired) electrons. The van der Waals surface area contributed by atoms with Crippen LogP contribution in [0.1, 0.15) is 0 Å². The Morgan fingerprint density at radius 1 is 1.10 bits per heavy atom. The molecule has 5 heteroatoms. The molecule has 0 aromatic rings. The minimum absolute atomic E-state index is 0.147. The molecule has 1 aliphatic heterocycles. The zero-order valence-corrected chi connectivity index (χ0v) is 6.13. The maximum absolute atomic E-state index is 11.9. The van der Waals surface area contributed by atoms with Gasteiger partial charge in [-0.2, -0.15) is 24.9 Å². The van der Waals surface area contributed by atoms with E-state index in [1.54, 1.807) is 11.8 Å². The van der Waals surface area contributed by atoms with Crippen LogP contribution in [-0.4, -0.2) is 35.8 Å². The predicted octanol–water partition coefficient (Wildman–Crippen LogP) is 1.55. The summed E-state index contributed by atoms with van der Waals surface area (Å²) in [6, 6.07) is 0. The van der Waals surface area contributed by atoms with E-state index in [1.807, 2.05) is 0 Å². The van der Waals surface area contributed by atoms with Crippen molar-refractivity contribution in [2.24, 2.45) is 0 Å². The van der Waals surface area contributed by atoms with Crippen molar-refractivity contribution < 1.29 is 13.2 Å². The summed E-state index contributed by atoms with van der Waals surface area (Å²) in [6.45, 7) is 0.294. The smallest absolute Gasteiger partial charge is 0.213 e. The van der Waals surface area contributed by atoms with Gasteiger partial charge in [-0.15, -0.1) is 0 Å². The van der Waals surface area contributed by atoms with E-state index in [2.05, 4.69) is 0 Å². The molecule has 1 fully saturated rings. The summed E-state index contributed by atoms with van der Waals surface area (Å²) in [5.74, 6) is 1.19. The molecule has 0 unspecified atom stereocenters. The maximum Gasteiger partial charge on any atom is 0.459 e. The standard InChI is InChI=1S/C5H8F3NS/c6-5(7,8)9-1-3-10-4-2-9/h1-4H2. The lowest BCUT2D eigenvalue weighted by atomic mass is 10.5. The first-order valence-corrected chi connectivity index (χ1v) is 4.16. The van der Waals surface area contributed by atoms with Crippen molar-refractivity contribution in [3.8, 4) is 0 Å². The van der Waals surface area contributed by atoms with Gasteiger partial charge in [0.05, 0.1) is 0 Å². The first kappa shape index (κ1) is 8.20. The second kappa shape index (κ2) is 3.00. The van der Waals surface area contributed by atoms with E-state index in [4.69, 9.17) is 0 Å². The third kappa shape index (κ3) is 2.05. The molecule has 1 rings (SSSR count). The third-order valence-corrected chi connectivity index (χ3v) is 2.31. The Morgan fingerprint density at radius 2 is 1.60 bits per heavy atom. The van der Waals surface area contributed by atoms with E-state index in [-0.39, 0.29) is 13.1 Å². The van der Waals surface area contributed by atoms with Crippen LogP contribution in [0.4, 0.5) is 13.2 Å². The van der Waals surface area contributed by atoms with Crippen LogP contribution in [0, 0.1) is 0 Å². The molecule has 0 aromatic heterocycles. The number of thioether (sulfide) groups is 1. The normalized spacial score (nSPS) is 23.1. The average molecular weight is 171 g/mol. The first-order valence-electron chi connectivity index (χ1n) is 3.00. The molecule has 1 saturated heterocycles. The minimum atomic E-state index is -4.11. The molecule has 60 valence electrons. The van der Waals surface area contributed by atoms with Gasteiger partial charge in [-0.25, -0.2) is 4.90 Å². The Kier molecular flexibility index (Phi) is 2.46. The van der Waals surface area contributed by atoms with Crippen LogP contribution in [0.3, 0.4) is 0 Å². The number of rotatable bonds is 0. The van der Waals surface area contributed by atoms with Gasteiger partial charge in [0.15, 0.2) is 0 Å². The Balaban J connectivity index is 2.39. The van der Waals surface area contributed by atoms with Gasteiger partial charge in [0.25, 0.3) is 0 Å². The molecule has 0 saturated carbocycles. The molecule has 10 heavy (non-hydrogen) atoms. The van der Waals surface area contributed by atoms with Crippen LogP contribution in [0.2, 0.25) is 0 Å². The molecule has 0 atom stereocenters. The van der Waals surface area contributed by atoms with E-state index in [1.165, 1.54) is 0 Å². The summed E-state index contributed by atoms with van der Waals surface area (Å²) in [6.07, 6.45) is -4.11. The molecule has 1 aliphatic rings. The summed E-state index contributed by atoms with van der Waals surface area (Å²) < 4.78 is 35.6. The fourth-order valence-corrected chi connectivity index (χ4v) is 1.72. The third-order valence-electron chi connectivity index (χ3n) is 1.37. The van der Waals surface area contributed by atoms with Crippen molar-refractivity contribution >= 4 is 11.8 Å². The van der Waals surface area contributed by atoms with Gasteiger partial charge in [0, 0.05) is 24.6 Å². The first-order chi connectivity index (χ1) is 4.61. The highest BCUT2D eigenvalue weighted by atomic mass is 32.2. The highest BCUT2D eigenvalue weighted by Crippen LogP contribution is 2.24. The Morgan fingerprint density at radius 3 is 1.90 bits per heavy atom. The molecule has 1 heterocycles. The van der Waals surface area contributed by atoms with Crippen LogP contribution in [0.25, 0.3) is 0 Å². The van der Waals surface area contributed by atoms with Gasteiger partial charge in [0.2, 0.25) is 0 Å². The highest BCUT2D eigenvalue weighted by Gasteiger charge is 2.37. The summed E-state index contributed by atoms with van der Waals surface area (Å²) in [5, 5.41) is 0. The zero-order chi connectivity index (χ0) is 7.61. The molecule has 0 spiro atoms. The topological polar surface area (TPSA) is 3.24 Å². The minimum Gasteiger partial charge on any atom is -0.213 e. The lowest BCUT2D eigenvalue weighted by molar-refractivity contribution is -0.242. The number of hydrogen-bond donors (Lipinski definition) is 0. The summed E-state index contributed by atoms with van der Waals surface area (Å²) in [7, 11) is 0. The van der Waals surface area contributed by atoms with Crippen LogP contribution in [-0.2, 0) is 0 Å². The summed E-state index contributed by atoms with van der Waals surface area (Å²) in [5.41, 5.74) is 0. The SMILES string of the molecule is FC(F)(F)N1CCSCC1. The van der Waals surface area contributed by atoms with Crippen LogP contribution >= 0.6 is 11.8 Å². The highest BCUT2D eigenvalue weighted by molar-refractivity contribution is 7.99. The number of alkyl halides is 3. The molecular formula is C5H8F3NS. The molecule has 0 N–H and O–H groups in total. The lowest BCUT2D eigenvalue weighted by Crippen LogP contribution is -2.43. The number of nitrogens with zero attached hydrogens (tertiary/aromatic N) is 1. The van der Waals surface area contributed by atoms with Gasteiger partial charge in [-0.3, -0.25) is 0 Å². The van der Waals surface area contributed by atoms with Crippen molar-refractivity contribution in [3.63, 3.8) is 0 Å². The van der Waals surface area contributed by atoms with Crippen LogP contribution in [0.5, 0.6) is 0 Å². The quantitative estimate of drug-likeness (QED) is 0.509. The van der Waals surface area contributed by atoms with E-state index in [9.17, 15) is 13.2 Å². The van der Waals surface area contributed by atoms with Crippen LogP contribution in [0.15, 0.2) is 0 Å². The summed E-state index contributed by atoms with van der Waals surface area (Å²) in [4.78, 5) is 0.559. The molecule has 0 amide bonds. The van der Waals surface area contributed by atoms with Crippen molar-refractivity contribution in [1.82, 2.24) is 4.90 Å².